The van der Waals surface area contributed by atoms with E-state index < -0.39 is 0 Å². The van der Waals surface area contributed by atoms with E-state index in [1.54, 1.807) is 0 Å². The molecule has 1 heterocycles. The molecule has 1 aliphatic rings. The second-order valence-electron chi connectivity index (χ2n) is 5.05. The van der Waals surface area contributed by atoms with Gasteiger partial charge in [0.05, 0.1) is 12.0 Å². The first-order chi connectivity index (χ1) is 9.16. The van der Waals surface area contributed by atoms with Crippen LogP contribution >= 0.6 is 28.3 Å². The van der Waals surface area contributed by atoms with Crippen LogP contribution in [0.15, 0.2) is 28.7 Å². The van der Waals surface area contributed by atoms with Crippen molar-refractivity contribution in [3.63, 3.8) is 0 Å². The summed E-state index contributed by atoms with van der Waals surface area (Å²) in [7, 11) is 0. The Balaban J connectivity index is 0.00000200. The van der Waals surface area contributed by atoms with E-state index in [4.69, 9.17) is 4.74 Å². The molecule has 0 spiro atoms. The Morgan fingerprint density at radius 1 is 1.30 bits per heavy atom. The summed E-state index contributed by atoms with van der Waals surface area (Å²) in [6, 6.07) is 8.20. The number of esters is 1. The topological polar surface area (TPSA) is 38.3 Å². The molecule has 112 valence electrons. The van der Waals surface area contributed by atoms with Gasteiger partial charge in [-0.2, -0.15) is 0 Å². The maximum absolute atomic E-state index is 12.3. The monoisotopic (exact) mass is 361 g/mol. The van der Waals surface area contributed by atoms with Gasteiger partial charge < -0.3 is 10.1 Å². The van der Waals surface area contributed by atoms with Gasteiger partial charge in [-0.1, -0.05) is 28.1 Å². The normalized spacial score (nSPS) is 17.1. The molecule has 0 aromatic heterocycles. The third-order valence-electron chi connectivity index (χ3n) is 3.72. The predicted molar refractivity (Wildman–Crippen MR) is 86.3 cm³/mol. The fourth-order valence-electron chi connectivity index (χ4n) is 2.64. The van der Waals surface area contributed by atoms with Crippen LogP contribution in [-0.4, -0.2) is 25.7 Å². The van der Waals surface area contributed by atoms with Crippen LogP contribution in [0.3, 0.4) is 0 Å². The lowest BCUT2D eigenvalue weighted by Gasteiger charge is -2.35. The van der Waals surface area contributed by atoms with Crippen molar-refractivity contribution >= 4 is 34.3 Å². The summed E-state index contributed by atoms with van der Waals surface area (Å²) in [5, 5.41) is 3.32. The molecule has 3 nitrogen and oxygen atoms in total. The van der Waals surface area contributed by atoms with Crippen LogP contribution < -0.4 is 5.32 Å². The first-order valence-electron chi connectivity index (χ1n) is 6.79. The molecule has 1 N–H and O–H groups in total. The number of benzene rings is 1. The lowest BCUT2D eigenvalue weighted by molar-refractivity contribution is -0.157. The van der Waals surface area contributed by atoms with Crippen molar-refractivity contribution in [3.05, 3.63) is 34.3 Å². The fourth-order valence-corrected chi connectivity index (χ4v) is 2.90. The standard InChI is InChI=1S/C15H20BrNO2.ClH/c1-2-19-14(18)15(7-9-17-10-8-15)11-12-3-5-13(16)6-4-12;/h3-6,17H,2,7-11H2,1H3;1H. The van der Waals surface area contributed by atoms with Crippen molar-refractivity contribution in [2.45, 2.75) is 26.2 Å². The minimum Gasteiger partial charge on any atom is -0.466 e. The van der Waals surface area contributed by atoms with Gasteiger partial charge in [0.2, 0.25) is 0 Å². The highest BCUT2D eigenvalue weighted by Gasteiger charge is 2.40. The summed E-state index contributed by atoms with van der Waals surface area (Å²) >= 11 is 3.44. The Hall–Kier alpha value is -0.580. The van der Waals surface area contributed by atoms with Gasteiger partial charge >= 0.3 is 5.97 Å². The van der Waals surface area contributed by atoms with Gasteiger partial charge in [-0.15, -0.1) is 12.4 Å². The van der Waals surface area contributed by atoms with Gasteiger partial charge in [0, 0.05) is 4.47 Å². The van der Waals surface area contributed by atoms with Crippen LogP contribution in [0.5, 0.6) is 0 Å². The van der Waals surface area contributed by atoms with Gasteiger partial charge in [-0.25, -0.2) is 0 Å². The van der Waals surface area contributed by atoms with Crippen LogP contribution in [0.4, 0.5) is 0 Å². The number of carbonyl (C=O) groups is 1. The van der Waals surface area contributed by atoms with E-state index >= 15 is 0 Å². The highest BCUT2D eigenvalue weighted by Crippen LogP contribution is 2.34. The Bertz CT molecular complexity index is 430. The maximum Gasteiger partial charge on any atom is 0.312 e. The molecule has 0 atom stereocenters. The number of halogens is 2. The van der Waals surface area contributed by atoms with Crippen LogP contribution in [0.2, 0.25) is 0 Å². The number of rotatable bonds is 4. The zero-order valence-electron chi connectivity index (χ0n) is 11.7. The van der Waals surface area contributed by atoms with E-state index in [-0.39, 0.29) is 23.8 Å². The average molecular weight is 363 g/mol. The minimum atomic E-state index is -0.352. The van der Waals surface area contributed by atoms with Gasteiger partial charge in [0.15, 0.2) is 0 Å². The zero-order valence-corrected chi connectivity index (χ0v) is 14.1. The van der Waals surface area contributed by atoms with E-state index in [0.29, 0.717) is 6.61 Å². The molecule has 1 aromatic rings. The smallest absolute Gasteiger partial charge is 0.312 e. The first kappa shape index (κ1) is 17.5. The molecule has 1 saturated heterocycles. The van der Waals surface area contributed by atoms with Crippen molar-refractivity contribution < 1.29 is 9.53 Å². The molecule has 0 unspecified atom stereocenters. The summed E-state index contributed by atoms with van der Waals surface area (Å²) in [5.74, 6) is -0.0422. The number of ether oxygens (including phenoxy) is 1. The van der Waals surface area contributed by atoms with Crippen molar-refractivity contribution in [3.8, 4) is 0 Å². The van der Waals surface area contributed by atoms with Crippen molar-refractivity contribution in [1.82, 2.24) is 5.32 Å². The largest absolute Gasteiger partial charge is 0.466 e. The molecule has 0 bridgehead atoms. The molecule has 1 aliphatic heterocycles. The SMILES string of the molecule is CCOC(=O)C1(Cc2ccc(Br)cc2)CCNCC1.Cl. The summed E-state index contributed by atoms with van der Waals surface area (Å²) in [6.07, 6.45) is 2.46. The van der Waals surface area contributed by atoms with Gasteiger partial charge in [0.25, 0.3) is 0 Å². The Kier molecular flexibility index (Phi) is 7.00. The maximum atomic E-state index is 12.3. The molecule has 20 heavy (non-hydrogen) atoms. The summed E-state index contributed by atoms with van der Waals surface area (Å²) in [6.45, 7) is 4.09. The van der Waals surface area contributed by atoms with Gasteiger partial charge in [-0.05, 0) is 57.0 Å². The van der Waals surface area contributed by atoms with Crippen molar-refractivity contribution in [1.29, 1.82) is 0 Å². The highest BCUT2D eigenvalue weighted by molar-refractivity contribution is 9.10. The number of piperidine rings is 1. The van der Waals surface area contributed by atoms with Crippen molar-refractivity contribution in [2.24, 2.45) is 5.41 Å². The molecule has 2 rings (SSSR count). The Morgan fingerprint density at radius 3 is 2.45 bits per heavy atom. The number of hydrogen-bond donors (Lipinski definition) is 1. The third kappa shape index (κ3) is 4.21. The molecule has 0 amide bonds. The molecule has 5 heteroatoms. The molecular formula is C15H21BrClNO2. The summed E-state index contributed by atoms with van der Waals surface area (Å²) in [5.41, 5.74) is 0.841. The quantitative estimate of drug-likeness (QED) is 0.835. The fraction of sp³-hybridized carbons (Fsp3) is 0.533. The number of nitrogens with one attached hydrogen (secondary N) is 1. The second kappa shape index (κ2) is 8.01. The lowest BCUT2D eigenvalue weighted by Crippen LogP contribution is -2.44. The molecule has 1 fully saturated rings. The van der Waals surface area contributed by atoms with Crippen LogP contribution in [0, 0.1) is 5.41 Å². The number of carbonyl (C=O) groups excluding carboxylic acids is 1. The predicted octanol–water partition coefficient (Wildman–Crippen LogP) is 3.35. The van der Waals surface area contributed by atoms with Crippen LogP contribution in [0.25, 0.3) is 0 Å². The van der Waals surface area contributed by atoms with Gasteiger partial charge in [-0.3, -0.25) is 4.79 Å². The number of hydrogen-bond acceptors (Lipinski definition) is 3. The van der Waals surface area contributed by atoms with E-state index in [1.165, 1.54) is 5.56 Å². The molecule has 1 aromatic carbocycles. The van der Waals surface area contributed by atoms with Crippen LogP contribution in [-0.2, 0) is 16.0 Å². The third-order valence-corrected chi connectivity index (χ3v) is 4.25. The lowest BCUT2D eigenvalue weighted by atomic mass is 9.74. The minimum absolute atomic E-state index is 0. The summed E-state index contributed by atoms with van der Waals surface area (Å²) in [4.78, 5) is 12.3. The first-order valence-corrected chi connectivity index (χ1v) is 7.58. The molecule has 0 saturated carbocycles. The van der Waals surface area contributed by atoms with E-state index in [9.17, 15) is 4.79 Å². The van der Waals surface area contributed by atoms with Gasteiger partial charge in [0.1, 0.15) is 0 Å². The van der Waals surface area contributed by atoms with Crippen LogP contribution in [0.1, 0.15) is 25.3 Å². The molecule has 0 aliphatic carbocycles. The van der Waals surface area contributed by atoms with E-state index in [2.05, 4.69) is 33.4 Å². The van der Waals surface area contributed by atoms with E-state index in [1.807, 2.05) is 19.1 Å². The summed E-state index contributed by atoms with van der Waals surface area (Å²) < 4.78 is 6.37. The Morgan fingerprint density at radius 2 is 1.90 bits per heavy atom. The van der Waals surface area contributed by atoms with Crippen molar-refractivity contribution in [2.75, 3.05) is 19.7 Å². The highest BCUT2D eigenvalue weighted by atomic mass is 79.9. The second-order valence-corrected chi connectivity index (χ2v) is 5.97. The van der Waals surface area contributed by atoms with E-state index in [0.717, 1.165) is 36.8 Å². The zero-order chi connectivity index (χ0) is 13.7. The molecule has 0 radical (unpaired) electrons. The average Bonchev–Trinajstić information content (AvgIpc) is 2.43. The Labute approximate surface area is 135 Å². The molecular weight excluding hydrogens is 342 g/mol.